The molecule has 0 amide bonds. The van der Waals surface area contributed by atoms with Gasteiger partial charge in [0.2, 0.25) is 10.0 Å². The highest BCUT2D eigenvalue weighted by atomic mass is 32.2. The van der Waals surface area contributed by atoms with Crippen molar-refractivity contribution >= 4 is 10.0 Å². The van der Waals surface area contributed by atoms with E-state index in [4.69, 9.17) is 4.74 Å². The zero-order chi connectivity index (χ0) is 17.0. The molecule has 2 atom stereocenters. The van der Waals surface area contributed by atoms with E-state index in [1.165, 1.54) is 6.33 Å². The lowest BCUT2D eigenvalue weighted by molar-refractivity contribution is 0.108. The Morgan fingerprint density at radius 3 is 2.79 bits per heavy atom. The Morgan fingerprint density at radius 2 is 2.17 bits per heavy atom. The summed E-state index contributed by atoms with van der Waals surface area (Å²) in [5.41, 5.74) is 1.78. The average Bonchev–Trinajstić information content (AvgIpc) is 3.26. The summed E-state index contributed by atoms with van der Waals surface area (Å²) in [6.45, 7) is 2.58. The van der Waals surface area contributed by atoms with Crippen LogP contribution in [-0.4, -0.2) is 41.6 Å². The number of nitrogens with zero attached hydrogens (tertiary/aromatic N) is 3. The van der Waals surface area contributed by atoms with Crippen molar-refractivity contribution in [3.8, 4) is 5.69 Å². The molecule has 0 aliphatic carbocycles. The Bertz CT molecular complexity index is 738. The first kappa shape index (κ1) is 17.1. The van der Waals surface area contributed by atoms with Crippen LogP contribution in [0.1, 0.15) is 37.8 Å². The first-order valence-corrected chi connectivity index (χ1v) is 9.75. The second-order valence-corrected chi connectivity index (χ2v) is 7.89. The van der Waals surface area contributed by atoms with E-state index in [-0.39, 0.29) is 17.9 Å². The summed E-state index contributed by atoms with van der Waals surface area (Å²) in [4.78, 5) is 3.91. The zero-order valence-electron chi connectivity index (χ0n) is 13.6. The summed E-state index contributed by atoms with van der Waals surface area (Å²) >= 11 is 0. The minimum Gasteiger partial charge on any atom is -0.378 e. The SMILES string of the molecule is C[C@@H](NS(=O)(=O)CC[C@H]1CCCO1)c1ccc(-n2cncn2)cc1. The molecule has 3 rings (SSSR count). The molecule has 0 unspecified atom stereocenters. The van der Waals surface area contributed by atoms with Crippen molar-refractivity contribution in [1.29, 1.82) is 0 Å². The van der Waals surface area contributed by atoms with E-state index in [0.717, 1.165) is 30.7 Å². The smallest absolute Gasteiger partial charge is 0.212 e. The van der Waals surface area contributed by atoms with Crippen LogP contribution in [-0.2, 0) is 14.8 Å². The average molecular weight is 350 g/mol. The molecular formula is C16H22N4O3S. The summed E-state index contributed by atoms with van der Waals surface area (Å²) < 4.78 is 34.3. The van der Waals surface area contributed by atoms with Gasteiger partial charge in [-0.2, -0.15) is 5.10 Å². The molecule has 0 saturated carbocycles. The number of aromatic nitrogens is 3. The predicted molar refractivity (Wildman–Crippen MR) is 90.3 cm³/mol. The fourth-order valence-electron chi connectivity index (χ4n) is 2.81. The first-order valence-electron chi connectivity index (χ1n) is 8.10. The van der Waals surface area contributed by atoms with Crippen LogP contribution in [0.4, 0.5) is 0 Å². The fourth-order valence-corrected chi connectivity index (χ4v) is 4.18. The number of sulfonamides is 1. The normalized spacial score (nSPS) is 19.5. The predicted octanol–water partition coefficient (Wildman–Crippen LogP) is 1.82. The van der Waals surface area contributed by atoms with Crippen LogP contribution in [0.15, 0.2) is 36.9 Å². The molecule has 0 radical (unpaired) electrons. The maximum absolute atomic E-state index is 12.2. The maximum Gasteiger partial charge on any atom is 0.212 e. The van der Waals surface area contributed by atoms with Gasteiger partial charge in [0.1, 0.15) is 12.7 Å². The van der Waals surface area contributed by atoms with E-state index in [9.17, 15) is 8.42 Å². The molecule has 7 nitrogen and oxygen atoms in total. The number of hydrogen-bond donors (Lipinski definition) is 1. The number of benzene rings is 1. The second-order valence-electron chi connectivity index (χ2n) is 6.01. The topological polar surface area (TPSA) is 86.1 Å². The lowest BCUT2D eigenvalue weighted by atomic mass is 10.1. The molecule has 1 aromatic carbocycles. The van der Waals surface area contributed by atoms with E-state index in [1.54, 1.807) is 11.0 Å². The lowest BCUT2D eigenvalue weighted by Gasteiger charge is -2.16. The summed E-state index contributed by atoms with van der Waals surface area (Å²) in [6, 6.07) is 7.28. The Hall–Kier alpha value is -1.77. The molecule has 1 fully saturated rings. The van der Waals surface area contributed by atoms with Gasteiger partial charge in [-0.1, -0.05) is 12.1 Å². The number of ether oxygens (including phenoxy) is 1. The molecule has 0 spiro atoms. The van der Waals surface area contributed by atoms with Crippen molar-refractivity contribution < 1.29 is 13.2 Å². The molecule has 1 aliphatic rings. The standard InChI is InChI=1S/C16H22N4O3S/c1-13(19-24(21,22)10-8-16-3-2-9-23-16)14-4-6-15(7-5-14)20-12-17-11-18-20/h4-7,11-13,16,19H,2-3,8-10H2,1H3/t13-,16-/m1/s1. The van der Waals surface area contributed by atoms with E-state index in [0.29, 0.717) is 6.42 Å². The van der Waals surface area contributed by atoms with Crippen molar-refractivity contribution in [3.05, 3.63) is 42.5 Å². The maximum atomic E-state index is 12.2. The Labute approximate surface area is 142 Å². The zero-order valence-corrected chi connectivity index (χ0v) is 14.4. The van der Waals surface area contributed by atoms with Gasteiger partial charge < -0.3 is 4.74 Å². The Morgan fingerprint density at radius 1 is 1.38 bits per heavy atom. The molecule has 2 heterocycles. The second kappa shape index (κ2) is 7.42. The van der Waals surface area contributed by atoms with Crippen molar-refractivity contribution in [2.24, 2.45) is 0 Å². The third kappa shape index (κ3) is 4.40. The van der Waals surface area contributed by atoms with Gasteiger partial charge in [-0.25, -0.2) is 22.8 Å². The highest BCUT2D eigenvalue weighted by molar-refractivity contribution is 7.89. The highest BCUT2D eigenvalue weighted by Crippen LogP contribution is 2.18. The van der Waals surface area contributed by atoms with Crippen LogP contribution >= 0.6 is 0 Å². The lowest BCUT2D eigenvalue weighted by Crippen LogP contribution is -2.30. The van der Waals surface area contributed by atoms with Crippen LogP contribution in [0, 0.1) is 0 Å². The fraction of sp³-hybridized carbons (Fsp3) is 0.500. The molecule has 1 saturated heterocycles. The molecule has 1 N–H and O–H groups in total. The molecule has 24 heavy (non-hydrogen) atoms. The number of rotatable bonds is 7. The van der Waals surface area contributed by atoms with E-state index < -0.39 is 10.0 Å². The summed E-state index contributed by atoms with van der Waals surface area (Å²) in [7, 11) is -3.33. The van der Waals surface area contributed by atoms with Crippen LogP contribution in [0.3, 0.4) is 0 Å². The van der Waals surface area contributed by atoms with Crippen molar-refractivity contribution in [2.45, 2.75) is 38.3 Å². The van der Waals surface area contributed by atoms with Gasteiger partial charge in [-0.3, -0.25) is 0 Å². The van der Waals surface area contributed by atoms with Gasteiger partial charge in [0, 0.05) is 12.6 Å². The number of hydrogen-bond acceptors (Lipinski definition) is 5. The van der Waals surface area contributed by atoms with E-state index >= 15 is 0 Å². The third-order valence-electron chi connectivity index (χ3n) is 4.17. The first-order chi connectivity index (χ1) is 11.5. The molecule has 0 bridgehead atoms. The van der Waals surface area contributed by atoms with Gasteiger partial charge in [0.25, 0.3) is 0 Å². The monoisotopic (exact) mass is 350 g/mol. The van der Waals surface area contributed by atoms with Crippen molar-refractivity contribution in [1.82, 2.24) is 19.5 Å². The van der Waals surface area contributed by atoms with Gasteiger partial charge in [0.05, 0.1) is 17.5 Å². The molecule has 1 aliphatic heterocycles. The van der Waals surface area contributed by atoms with E-state index in [1.807, 2.05) is 31.2 Å². The van der Waals surface area contributed by atoms with Crippen LogP contribution in [0.2, 0.25) is 0 Å². The summed E-state index contributed by atoms with van der Waals surface area (Å²) in [6.07, 6.45) is 5.69. The van der Waals surface area contributed by atoms with Crippen LogP contribution in [0.5, 0.6) is 0 Å². The summed E-state index contributed by atoms with van der Waals surface area (Å²) in [5.74, 6) is 0.0963. The van der Waals surface area contributed by atoms with Gasteiger partial charge >= 0.3 is 0 Å². The largest absolute Gasteiger partial charge is 0.378 e. The van der Waals surface area contributed by atoms with Gasteiger partial charge in [-0.15, -0.1) is 0 Å². The molecular weight excluding hydrogens is 328 g/mol. The van der Waals surface area contributed by atoms with Crippen molar-refractivity contribution in [3.63, 3.8) is 0 Å². The van der Waals surface area contributed by atoms with Crippen LogP contribution < -0.4 is 4.72 Å². The van der Waals surface area contributed by atoms with Gasteiger partial charge in [-0.05, 0) is 43.9 Å². The number of nitrogens with one attached hydrogen (secondary N) is 1. The summed E-state index contributed by atoms with van der Waals surface area (Å²) in [5, 5.41) is 4.06. The van der Waals surface area contributed by atoms with Gasteiger partial charge in [0.15, 0.2) is 0 Å². The van der Waals surface area contributed by atoms with Crippen LogP contribution in [0.25, 0.3) is 5.69 Å². The van der Waals surface area contributed by atoms with E-state index in [2.05, 4.69) is 14.8 Å². The quantitative estimate of drug-likeness (QED) is 0.823. The molecule has 8 heteroatoms. The minimum absolute atomic E-state index is 0.0823. The molecule has 2 aromatic rings. The van der Waals surface area contributed by atoms with Crippen molar-refractivity contribution in [2.75, 3.05) is 12.4 Å². The minimum atomic E-state index is -3.33. The Kier molecular flexibility index (Phi) is 5.27. The molecule has 1 aromatic heterocycles. The highest BCUT2D eigenvalue weighted by Gasteiger charge is 2.21. The molecule has 130 valence electrons. The Balaban J connectivity index is 1.58. The third-order valence-corrected chi connectivity index (χ3v) is 5.65.